The van der Waals surface area contributed by atoms with Crippen LogP contribution in [0.25, 0.3) is 0 Å². The van der Waals surface area contributed by atoms with Gasteiger partial charge in [0.2, 0.25) is 17.7 Å². The smallest absolute Gasteiger partial charge is 0.277 e. The van der Waals surface area contributed by atoms with Gasteiger partial charge in [0.25, 0.3) is 5.22 Å². The fourth-order valence-electron chi connectivity index (χ4n) is 2.97. The zero-order valence-corrected chi connectivity index (χ0v) is 14.6. The Morgan fingerprint density at radius 1 is 1.04 bits per heavy atom. The van der Waals surface area contributed by atoms with E-state index in [0.717, 1.165) is 31.1 Å². The Hall–Kier alpha value is -1.37. The van der Waals surface area contributed by atoms with E-state index in [1.54, 1.807) is 0 Å². The molecule has 1 aliphatic carbocycles. The molecule has 0 spiro atoms. The average molecular weight is 336 g/mol. The Labute approximate surface area is 140 Å². The molecular weight excluding hydrogens is 312 g/mol. The lowest BCUT2D eigenvalue weighted by atomic mass is 9.86. The molecule has 1 fully saturated rings. The number of rotatable bonds is 7. The van der Waals surface area contributed by atoms with Crippen LogP contribution in [0.15, 0.2) is 14.1 Å². The molecule has 0 amide bonds. The molecule has 1 atom stereocenters. The fraction of sp³-hybridized carbons (Fsp3) is 0.750. The van der Waals surface area contributed by atoms with Gasteiger partial charge in [0.1, 0.15) is 0 Å². The first-order chi connectivity index (χ1) is 11.2. The van der Waals surface area contributed by atoms with Gasteiger partial charge in [-0.1, -0.05) is 50.8 Å². The van der Waals surface area contributed by atoms with Crippen molar-refractivity contribution in [2.24, 2.45) is 5.92 Å². The highest BCUT2D eigenvalue weighted by Crippen LogP contribution is 2.33. The Morgan fingerprint density at radius 2 is 1.83 bits per heavy atom. The van der Waals surface area contributed by atoms with Crippen LogP contribution in [0, 0.1) is 5.92 Å². The summed E-state index contributed by atoms with van der Waals surface area (Å²) in [7, 11) is 0. The van der Waals surface area contributed by atoms with Gasteiger partial charge in [-0.2, -0.15) is 0 Å². The van der Waals surface area contributed by atoms with Gasteiger partial charge in [-0.15, -0.1) is 20.4 Å². The van der Waals surface area contributed by atoms with E-state index >= 15 is 0 Å². The molecule has 0 bridgehead atoms. The molecule has 1 saturated carbocycles. The summed E-state index contributed by atoms with van der Waals surface area (Å²) in [5.41, 5.74) is 0. The Balaban J connectivity index is 1.50. The van der Waals surface area contributed by atoms with Crippen molar-refractivity contribution in [2.75, 3.05) is 0 Å². The number of hydrogen-bond donors (Lipinski definition) is 0. The Morgan fingerprint density at radius 3 is 2.57 bits per heavy atom. The second-order valence-electron chi connectivity index (χ2n) is 6.15. The molecule has 0 radical (unpaired) electrons. The summed E-state index contributed by atoms with van der Waals surface area (Å²) in [4.78, 5) is 0. The molecule has 6 nitrogen and oxygen atoms in total. The summed E-state index contributed by atoms with van der Waals surface area (Å²) in [5, 5.41) is 16.9. The van der Waals surface area contributed by atoms with Crippen LogP contribution in [0.1, 0.15) is 75.3 Å². The van der Waals surface area contributed by atoms with E-state index in [1.165, 1.54) is 43.9 Å². The van der Waals surface area contributed by atoms with Crippen molar-refractivity contribution in [1.82, 2.24) is 20.4 Å². The molecule has 0 N–H and O–H groups in total. The maximum atomic E-state index is 5.75. The van der Waals surface area contributed by atoms with Crippen LogP contribution < -0.4 is 0 Å². The van der Waals surface area contributed by atoms with E-state index in [1.807, 2.05) is 13.8 Å². The van der Waals surface area contributed by atoms with Gasteiger partial charge in [0.05, 0.1) is 5.25 Å². The van der Waals surface area contributed by atoms with E-state index in [-0.39, 0.29) is 5.25 Å². The van der Waals surface area contributed by atoms with Crippen LogP contribution in [0.4, 0.5) is 0 Å². The summed E-state index contributed by atoms with van der Waals surface area (Å²) < 4.78 is 11.3. The first-order valence-corrected chi connectivity index (χ1v) is 9.44. The molecule has 7 heteroatoms. The third-order valence-electron chi connectivity index (χ3n) is 4.35. The Bertz CT molecular complexity index is 607. The summed E-state index contributed by atoms with van der Waals surface area (Å²) >= 11 is 1.47. The molecule has 0 aliphatic heterocycles. The van der Waals surface area contributed by atoms with Crippen molar-refractivity contribution in [1.29, 1.82) is 0 Å². The SMILES string of the molecule is CCc1nnc([C@@H](C)Sc2nnc(CCC3CCCCC3)o2)o1. The third kappa shape index (κ3) is 4.56. The summed E-state index contributed by atoms with van der Waals surface area (Å²) in [6, 6.07) is 0. The van der Waals surface area contributed by atoms with Crippen LogP contribution in [0.3, 0.4) is 0 Å². The lowest BCUT2D eigenvalue weighted by molar-refractivity contribution is 0.322. The first-order valence-electron chi connectivity index (χ1n) is 8.56. The van der Waals surface area contributed by atoms with Gasteiger partial charge < -0.3 is 8.83 Å². The minimum Gasteiger partial charge on any atom is -0.424 e. The largest absolute Gasteiger partial charge is 0.424 e. The van der Waals surface area contributed by atoms with Crippen LogP contribution in [0.5, 0.6) is 0 Å². The predicted octanol–water partition coefficient (Wildman–Crippen LogP) is 4.38. The lowest BCUT2D eigenvalue weighted by Crippen LogP contribution is -2.07. The molecule has 1 aliphatic rings. The number of thioether (sulfide) groups is 1. The van der Waals surface area contributed by atoms with Crippen molar-refractivity contribution in [3.8, 4) is 0 Å². The molecule has 2 aromatic heterocycles. The first kappa shape index (κ1) is 16.5. The lowest BCUT2D eigenvalue weighted by Gasteiger charge is -2.20. The highest BCUT2D eigenvalue weighted by atomic mass is 32.2. The average Bonchev–Trinajstić information content (AvgIpc) is 3.23. The number of hydrogen-bond acceptors (Lipinski definition) is 7. The van der Waals surface area contributed by atoms with Crippen molar-refractivity contribution >= 4 is 11.8 Å². The quantitative estimate of drug-likeness (QED) is 0.694. The van der Waals surface area contributed by atoms with E-state index < -0.39 is 0 Å². The van der Waals surface area contributed by atoms with Gasteiger partial charge in [-0.05, 0) is 19.3 Å². The molecule has 0 unspecified atom stereocenters. The normalized spacial score (nSPS) is 17.5. The molecule has 2 heterocycles. The highest BCUT2D eigenvalue weighted by molar-refractivity contribution is 7.99. The van der Waals surface area contributed by atoms with Gasteiger partial charge in [-0.25, -0.2) is 0 Å². The minimum atomic E-state index is 0.00874. The van der Waals surface area contributed by atoms with E-state index in [0.29, 0.717) is 17.0 Å². The number of aromatic nitrogens is 4. The van der Waals surface area contributed by atoms with Crippen LogP contribution in [-0.4, -0.2) is 20.4 Å². The molecule has 23 heavy (non-hydrogen) atoms. The third-order valence-corrected chi connectivity index (χ3v) is 5.27. The zero-order chi connectivity index (χ0) is 16.1. The van der Waals surface area contributed by atoms with Crippen LogP contribution in [-0.2, 0) is 12.8 Å². The van der Waals surface area contributed by atoms with Crippen molar-refractivity contribution in [3.05, 3.63) is 17.7 Å². The van der Waals surface area contributed by atoms with E-state index in [2.05, 4.69) is 20.4 Å². The van der Waals surface area contributed by atoms with Gasteiger partial charge in [0, 0.05) is 12.8 Å². The van der Waals surface area contributed by atoms with Crippen LogP contribution >= 0.6 is 11.8 Å². The van der Waals surface area contributed by atoms with Gasteiger partial charge in [0.15, 0.2) is 0 Å². The molecule has 126 valence electrons. The maximum absolute atomic E-state index is 5.75. The summed E-state index contributed by atoms with van der Waals surface area (Å²) in [5.74, 6) is 2.83. The molecule has 0 aromatic carbocycles. The van der Waals surface area contributed by atoms with Crippen molar-refractivity contribution in [3.63, 3.8) is 0 Å². The molecule has 2 aromatic rings. The van der Waals surface area contributed by atoms with E-state index in [4.69, 9.17) is 8.83 Å². The predicted molar refractivity (Wildman–Crippen MR) is 87.1 cm³/mol. The number of aryl methyl sites for hydroxylation is 2. The van der Waals surface area contributed by atoms with Crippen molar-refractivity contribution in [2.45, 2.75) is 75.7 Å². The summed E-state index contributed by atoms with van der Waals surface area (Å²) in [6.45, 7) is 4.00. The standard InChI is InChI=1S/C16H24N4O2S/c1-3-13-17-19-15(21-13)11(2)23-16-20-18-14(22-16)10-9-12-7-5-4-6-8-12/h11-12H,3-10H2,1-2H3/t11-/m1/s1. The summed E-state index contributed by atoms with van der Waals surface area (Å²) in [6.07, 6.45) is 9.63. The highest BCUT2D eigenvalue weighted by Gasteiger charge is 2.19. The second kappa shape index (κ2) is 7.95. The fourth-order valence-corrected chi connectivity index (χ4v) is 3.70. The van der Waals surface area contributed by atoms with Crippen molar-refractivity contribution < 1.29 is 8.83 Å². The Kier molecular flexibility index (Phi) is 5.70. The van der Waals surface area contributed by atoms with Gasteiger partial charge in [-0.3, -0.25) is 0 Å². The van der Waals surface area contributed by atoms with Crippen LogP contribution in [0.2, 0.25) is 0 Å². The minimum absolute atomic E-state index is 0.00874. The second-order valence-corrected chi connectivity index (χ2v) is 7.44. The monoisotopic (exact) mass is 336 g/mol. The molecule has 0 saturated heterocycles. The topological polar surface area (TPSA) is 77.8 Å². The van der Waals surface area contributed by atoms with E-state index in [9.17, 15) is 0 Å². The number of nitrogens with zero attached hydrogens (tertiary/aromatic N) is 4. The maximum Gasteiger partial charge on any atom is 0.277 e. The molecular formula is C16H24N4O2S. The zero-order valence-electron chi connectivity index (χ0n) is 13.8. The molecule has 3 rings (SSSR count). The van der Waals surface area contributed by atoms with Gasteiger partial charge >= 0.3 is 0 Å².